The molecule has 0 amide bonds. The molecule has 7 heteroatoms. The van der Waals surface area contributed by atoms with Crippen LogP contribution in [0.4, 0.5) is 5.95 Å². The first kappa shape index (κ1) is 12.7. The molecule has 0 bridgehead atoms. The van der Waals surface area contributed by atoms with Crippen LogP contribution >= 0.6 is 23.8 Å². The maximum absolute atomic E-state index is 5.64. The molecule has 0 spiro atoms. The largest absolute Gasteiger partial charge is 0.355 e. The highest BCUT2D eigenvalue weighted by molar-refractivity contribution is 7.80. The molecule has 5 nitrogen and oxygen atoms in total. The molecule has 1 heterocycles. The van der Waals surface area contributed by atoms with Gasteiger partial charge in [-0.2, -0.15) is 0 Å². The molecule has 0 aliphatic rings. The molecule has 1 rings (SSSR count). The molecule has 0 aromatic carbocycles. The van der Waals surface area contributed by atoms with E-state index in [1.54, 1.807) is 6.08 Å². The quantitative estimate of drug-likeness (QED) is 0.432. The average molecular weight is 258 g/mol. The molecule has 16 heavy (non-hydrogen) atoms. The van der Waals surface area contributed by atoms with Gasteiger partial charge in [-0.15, -0.1) is 6.58 Å². The van der Waals surface area contributed by atoms with Gasteiger partial charge in [0.1, 0.15) is 0 Å². The minimum atomic E-state index is 0.0907. The molecule has 3 N–H and O–H groups in total. The Morgan fingerprint density at radius 3 is 2.75 bits per heavy atom. The zero-order valence-corrected chi connectivity index (χ0v) is 10.3. The van der Waals surface area contributed by atoms with E-state index in [2.05, 4.69) is 32.7 Å². The summed E-state index contributed by atoms with van der Waals surface area (Å²) < 4.78 is 0. The summed E-state index contributed by atoms with van der Waals surface area (Å²) in [6.45, 7) is 5.56. The van der Waals surface area contributed by atoms with Crippen molar-refractivity contribution in [2.75, 3.05) is 5.43 Å². The summed E-state index contributed by atoms with van der Waals surface area (Å²) >= 11 is 10.6. The predicted octanol–water partition coefficient (Wildman–Crippen LogP) is 1.50. The number of hydrogen-bond donors (Lipinski definition) is 3. The Balaban J connectivity index is 2.37. The Hall–Kier alpha value is -1.40. The van der Waals surface area contributed by atoms with Gasteiger partial charge >= 0.3 is 0 Å². The van der Waals surface area contributed by atoms with Crippen LogP contribution in [0.25, 0.3) is 0 Å². The van der Waals surface area contributed by atoms with E-state index >= 15 is 0 Å². The van der Waals surface area contributed by atoms with E-state index in [1.807, 2.05) is 6.92 Å². The molecule has 0 saturated carbocycles. The lowest BCUT2D eigenvalue weighted by Crippen LogP contribution is -2.42. The summed E-state index contributed by atoms with van der Waals surface area (Å²) in [6, 6.07) is 0.0907. The number of thiocarbonyl (C=S) groups is 1. The minimum Gasteiger partial charge on any atom is -0.355 e. The third-order valence-corrected chi connectivity index (χ3v) is 2.04. The predicted molar refractivity (Wildman–Crippen MR) is 69.2 cm³/mol. The average Bonchev–Trinajstić information content (AvgIpc) is 2.28. The lowest BCUT2D eigenvalue weighted by atomic mass is 10.3. The summed E-state index contributed by atoms with van der Waals surface area (Å²) in [4.78, 5) is 7.85. The van der Waals surface area contributed by atoms with Crippen molar-refractivity contribution >= 4 is 34.9 Å². The fourth-order valence-electron chi connectivity index (χ4n) is 0.791. The first-order valence-corrected chi connectivity index (χ1v) is 5.33. The van der Waals surface area contributed by atoms with E-state index < -0.39 is 0 Å². The van der Waals surface area contributed by atoms with Gasteiger partial charge in [-0.05, 0) is 19.1 Å². The molecule has 0 radical (unpaired) electrons. The van der Waals surface area contributed by atoms with Crippen molar-refractivity contribution in [3.05, 3.63) is 30.1 Å². The zero-order valence-electron chi connectivity index (χ0n) is 8.70. The number of nitrogens with zero attached hydrogens (tertiary/aromatic N) is 2. The number of rotatable bonds is 4. The van der Waals surface area contributed by atoms with Gasteiger partial charge in [0.2, 0.25) is 5.95 Å². The highest BCUT2D eigenvalue weighted by atomic mass is 35.5. The molecule has 1 aromatic heterocycles. The van der Waals surface area contributed by atoms with Gasteiger partial charge in [-0.1, -0.05) is 17.7 Å². The summed E-state index contributed by atoms with van der Waals surface area (Å²) in [5.41, 5.74) is 5.47. The van der Waals surface area contributed by atoms with E-state index in [0.29, 0.717) is 16.1 Å². The van der Waals surface area contributed by atoms with Gasteiger partial charge in [0.25, 0.3) is 0 Å². The van der Waals surface area contributed by atoms with Crippen molar-refractivity contribution in [3.8, 4) is 0 Å². The molecule has 0 aliphatic carbocycles. The van der Waals surface area contributed by atoms with Gasteiger partial charge in [0, 0.05) is 6.04 Å². The third-order valence-electron chi connectivity index (χ3n) is 1.62. The van der Waals surface area contributed by atoms with Gasteiger partial charge in [-0.3, -0.25) is 10.9 Å². The van der Waals surface area contributed by atoms with Crippen molar-refractivity contribution in [3.63, 3.8) is 0 Å². The van der Waals surface area contributed by atoms with Gasteiger partial charge in [0.05, 0.1) is 17.4 Å². The second-order valence-electron chi connectivity index (χ2n) is 2.97. The van der Waals surface area contributed by atoms with Crippen LogP contribution in [0.5, 0.6) is 0 Å². The summed E-state index contributed by atoms with van der Waals surface area (Å²) in [7, 11) is 0. The second kappa shape index (κ2) is 6.24. The van der Waals surface area contributed by atoms with Crippen molar-refractivity contribution in [2.45, 2.75) is 13.0 Å². The van der Waals surface area contributed by atoms with Crippen molar-refractivity contribution < 1.29 is 0 Å². The molecular weight excluding hydrogens is 246 g/mol. The SMILES string of the molecule is C=C[C@@H](C)NC(=S)NNc1ncc(Cl)cn1. The highest BCUT2D eigenvalue weighted by Gasteiger charge is 2.00. The van der Waals surface area contributed by atoms with Crippen LogP contribution in [0, 0.1) is 0 Å². The van der Waals surface area contributed by atoms with E-state index in [1.165, 1.54) is 12.4 Å². The zero-order chi connectivity index (χ0) is 12.0. The van der Waals surface area contributed by atoms with Crippen LogP contribution in [0.1, 0.15) is 6.92 Å². The van der Waals surface area contributed by atoms with Crippen LogP contribution in [-0.4, -0.2) is 21.1 Å². The number of hydrazine groups is 1. The number of halogens is 1. The van der Waals surface area contributed by atoms with Crippen LogP contribution in [0.3, 0.4) is 0 Å². The van der Waals surface area contributed by atoms with Crippen LogP contribution in [-0.2, 0) is 0 Å². The maximum atomic E-state index is 5.64. The van der Waals surface area contributed by atoms with Crippen LogP contribution < -0.4 is 16.2 Å². The summed E-state index contributed by atoms with van der Waals surface area (Å²) in [5.74, 6) is 0.389. The topological polar surface area (TPSA) is 61.9 Å². The highest BCUT2D eigenvalue weighted by Crippen LogP contribution is 2.04. The molecule has 0 fully saturated rings. The van der Waals surface area contributed by atoms with Crippen molar-refractivity contribution in [2.24, 2.45) is 0 Å². The van der Waals surface area contributed by atoms with E-state index in [0.717, 1.165) is 0 Å². The van der Waals surface area contributed by atoms with E-state index in [9.17, 15) is 0 Å². The van der Waals surface area contributed by atoms with Gasteiger partial charge < -0.3 is 5.32 Å². The van der Waals surface area contributed by atoms with Crippen LogP contribution in [0.2, 0.25) is 5.02 Å². The maximum Gasteiger partial charge on any atom is 0.241 e. The number of nitrogens with one attached hydrogen (secondary N) is 3. The number of anilines is 1. The first-order valence-electron chi connectivity index (χ1n) is 4.54. The second-order valence-corrected chi connectivity index (χ2v) is 3.82. The van der Waals surface area contributed by atoms with Crippen LogP contribution in [0.15, 0.2) is 25.0 Å². The molecular formula is C9H12ClN5S. The molecule has 0 unspecified atom stereocenters. The fourth-order valence-corrected chi connectivity index (χ4v) is 1.13. The molecule has 0 aliphatic heterocycles. The Bertz CT molecular complexity index is 367. The Kier molecular flexibility index (Phi) is 4.94. The molecule has 86 valence electrons. The number of hydrogen-bond acceptors (Lipinski definition) is 4. The molecule has 1 atom stereocenters. The Morgan fingerprint density at radius 1 is 1.56 bits per heavy atom. The van der Waals surface area contributed by atoms with Crippen molar-refractivity contribution in [1.82, 2.24) is 20.7 Å². The smallest absolute Gasteiger partial charge is 0.241 e. The molecule has 1 aromatic rings. The van der Waals surface area contributed by atoms with E-state index in [-0.39, 0.29) is 6.04 Å². The standard InChI is InChI=1S/C9H12ClN5S/c1-3-6(2)13-9(16)15-14-8-11-4-7(10)5-12-8/h3-6H,1H2,2H3,(H,11,12,14)(H2,13,15,16)/t6-/m1/s1. The number of aromatic nitrogens is 2. The minimum absolute atomic E-state index is 0.0907. The Morgan fingerprint density at radius 2 is 2.19 bits per heavy atom. The Labute approximate surface area is 104 Å². The normalized spacial score (nSPS) is 11.4. The summed E-state index contributed by atoms with van der Waals surface area (Å²) in [6.07, 6.45) is 4.72. The third kappa shape index (κ3) is 4.41. The monoisotopic (exact) mass is 257 g/mol. The summed E-state index contributed by atoms with van der Waals surface area (Å²) in [5, 5.41) is 3.88. The van der Waals surface area contributed by atoms with Gasteiger partial charge in [0.15, 0.2) is 5.11 Å². The first-order chi connectivity index (χ1) is 7.61. The molecule has 0 saturated heterocycles. The van der Waals surface area contributed by atoms with Gasteiger partial charge in [-0.25, -0.2) is 9.97 Å². The lowest BCUT2D eigenvalue weighted by molar-refractivity contribution is 0.791. The van der Waals surface area contributed by atoms with Crippen molar-refractivity contribution in [1.29, 1.82) is 0 Å². The fraction of sp³-hybridized carbons (Fsp3) is 0.222. The lowest BCUT2D eigenvalue weighted by Gasteiger charge is -2.13. The van der Waals surface area contributed by atoms with E-state index in [4.69, 9.17) is 23.8 Å².